The van der Waals surface area contributed by atoms with Crippen LogP contribution in [-0.2, 0) is 13.0 Å². The molecule has 88 valence electrons. The summed E-state index contributed by atoms with van der Waals surface area (Å²) in [6.45, 7) is 2.15. The number of hydrogen-bond acceptors (Lipinski definition) is 4. The second-order valence-electron chi connectivity index (χ2n) is 3.71. The van der Waals surface area contributed by atoms with Gasteiger partial charge in [-0.25, -0.2) is 0 Å². The van der Waals surface area contributed by atoms with Gasteiger partial charge in [0.15, 0.2) is 11.5 Å². The Balaban J connectivity index is 0.000000963. The van der Waals surface area contributed by atoms with Gasteiger partial charge in [-0.1, -0.05) is 0 Å². The Hall–Kier alpha value is -1.13. The third-order valence-corrected chi connectivity index (χ3v) is 2.89. The fraction of sp³-hybridized carbons (Fsp3) is 0.455. The van der Waals surface area contributed by atoms with Crippen molar-refractivity contribution in [3.63, 3.8) is 0 Å². The maximum atomic E-state index is 5.41. The van der Waals surface area contributed by atoms with Crippen LogP contribution in [0.4, 0.5) is 0 Å². The summed E-state index contributed by atoms with van der Waals surface area (Å²) in [6.07, 6.45) is 1.02. The van der Waals surface area contributed by atoms with Gasteiger partial charge in [0, 0.05) is 12.1 Å². The first-order valence-corrected chi connectivity index (χ1v) is 5.09. The van der Waals surface area contributed by atoms with E-state index >= 15 is 0 Å². The van der Waals surface area contributed by atoms with Crippen molar-refractivity contribution in [3.05, 3.63) is 17.2 Å². The monoisotopic (exact) mass is 243 g/mol. The average Bonchev–Trinajstić information content (AvgIpc) is 2.73. The van der Waals surface area contributed by atoms with E-state index in [0.717, 1.165) is 36.8 Å². The van der Waals surface area contributed by atoms with Gasteiger partial charge in [0.2, 0.25) is 12.5 Å². The smallest absolute Gasteiger partial charge is 0.231 e. The minimum absolute atomic E-state index is 0. The van der Waals surface area contributed by atoms with Crippen LogP contribution in [0.5, 0.6) is 17.2 Å². The second-order valence-corrected chi connectivity index (χ2v) is 3.71. The predicted molar refractivity (Wildman–Crippen MR) is 61.8 cm³/mol. The van der Waals surface area contributed by atoms with Crippen molar-refractivity contribution in [2.75, 3.05) is 20.4 Å². The number of benzene rings is 1. The molecule has 16 heavy (non-hydrogen) atoms. The lowest BCUT2D eigenvalue weighted by Gasteiger charge is -2.20. The minimum Gasteiger partial charge on any atom is -0.492 e. The zero-order valence-corrected chi connectivity index (χ0v) is 9.86. The molecule has 2 aliphatic rings. The van der Waals surface area contributed by atoms with Crippen molar-refractivity contribution in [1.82, 2.24) is 5.32 Å². The molecular weight excluding hydrogens is 230 g/mol. The Morgan fingerprint density at radius 2 is 2.25 bits per heavy atom. The SMILES string of the molecule is COc1c2c(cc3c1OCO3)CCNC2.Cl. The molecule has 0 bridgehead atoms. The number of halogens is 1. The number of rotatable bonds is 1. The van der Waals surface area contributed by atoms with Crippen molar-refractivity contribution in [1.29, 1.82) is 0 Å². The molecule has 2 heterocycles. The number of hydrogen-bond donors (Lipinski definition) is 1. The first-order chi connectivity index (χ1) is 7.40. The highest BCUT2D eigenvalue weighted by molar-refractivity contribution is 5.85. The number of nitrogens with one attached hydrogen (secondary N) is 1. The van der Waals surface area contributed by atoms with Gasteiger partial charge in [-0.3, -0.25) is 0 Å². The van der Waals surface area contributed by atoms with Gasteiger partial charge >= 0.3 is 0 Å². The van der Waals surface area contributed by atoms with E-state index in [0.29, 0.717) is 6.79 Å². The van der Waals surface area contributed by atoms with Crippen LogP contribution in [0.25, 0.3) is 0 Å². The molecule has 2 aliphatic heterocycles. The van der Waals surface area contributed by atoms with E-state index in [-0.39, 0.29) is 12.4 Å². The maximum absolute atomic E-state index is 5.41. The fourth-order valence-electron chi connectivity index (χ4n) is 2.17. The summed E-state index contributed by atoms with van der Waals surface area (Å²) in [4.78, 5) is 0. The molecule has 5 heteroatoms. The van der Waals surface area contributed by atoms with Gasteiger partial charge in [0.25, 0.3) is 0 Å². The van der Waals surface area contributed by atoms with Crippen LogP contribution < -0.4 is 19.5 Å². The van der Waals surface area contributed by atoms with Gasteiger partial charge in [-0.05, 0) is 24.6 Å². The summed E-state index contributed by atoms with van der Waals surface area (Å²) in [5, 5.41) is 3.33. The predicted octanol–water partition coefficient (Wildman–Crippen LogP) is 1.49. The third kappa shape index (κ3) is 1.58. The van der Waals surface area contributed by atoms with Crippen LogP contribution in [0.2, 0.25) is 0 Å². The molecular formula is C11H14ClNO3. The first-order valence-electron chi connectivity index (χ1n) is 5.09. The normalized spacial score (nSPS) is 16.3. The van der Waals surface area contributed by atoms with E-state index in [1.807, 2.05) is 0 Å². The van der Waals surface area contributed by atoms with Gasteiger partial charge < -0.3 is 19.5 Å². The molecule has 0 aromatic heterocycles. The van der Waals surface area contributed by atoms with E-state index < -0.39 is 0 Å². The van der Waals surface area contributed by atoms with E-state index in [9.17, 15) is 0 Å². The Labute approximate surface area is 100 Å². The lowest BCUT2D eigenvalue weighted by atomic mass is 9.99. The summed E-state index contributed by atoms with van der Waals surface area (Å²) >= 11 is 0. The third-order valence-electron chi connectivity index (χ3n) is 2.89. The first kappa shape index (κ1) is 11.4. The van der Waals surface area contributed by atoms with Crippen molar-refractivity contribution in [2.24, 2.45) is 0 Å². The molecule has 4 nitrogen and oxygen atoms in total. The maximum Gasteiger partial charge on any atom is 0.231 e. The molecule has 0 fully saturated rings. The van der Waals surface area contributed by atoms with Crippen LogP contribution in [-0.4, -0.2) is 20.4 Å². The molecule has 0 atom stereocenters. The Bertz CT molecular complexity index is 409. The van der Waals surface area contributed by atoms with Crippen LogP contribution in [0, 0.1) is 0 Å². The lowest BCUT2D eigenvalue weighted by molar-refractivity contribution is 0.171. The molecule has 0 saturated carbocycles. The van der Waals surface area contributed by atoms with Crippen molar-refractivity contribution in [3.8, 4) is 17.2 Å². The van der Waals surface area contributed by atoms with Crippen LogP contribution in [0.15, 0.2) is 6.07 Å². The minimum atomic E-state index is 0. The quantitative estimate of drug-likeness (QED) is 0.811. The largest absolute Gasteiger partial charge is 0.492 e. The molecule has 0 radical (unpaired) electrons. The summed E-state index contributed by atoms with van der Waals surface area (Å²) < 4.78 is 16.2. The topological polar surface area (TPSA) is 39.7 Å². The Kier molecular flexibility index (Phi) is 3.12. The molecule has 1 aromatic rings. The standard InChI is InChI=1S/C11H13NO3.ClH/c1-13-10-8-5-12-3-2-7(8)4-9-11(10)15-6-14-9;/h4,12H,2-3,5-6H2,1H3;1H. The second kappa shape index (κ2) is 4.39. The summed E-state index contributed by atoms with van der Waals surface area (Å²) in [7, 11) is 1.67. The van der Waals surface area contributed by atoms with E-state index in [1.54, 1.807) is 7.11 Å². The molecule has 1 N–H and O–H groups in total. The van der Waals surface area contributed by atoms with Gasteiger partial charge in [-0.2, -0.15) is 0 Å². The summed E-state index contributed by atoms with van der Waals surface area (Å²) in [5.41, 5.74) is 2.50. The summed E-state index contributed by atoms with van der Waals surface area (Å²) in [5.74, 6) is 2.39. The van der Waals surface area contributed by atoms with Crippen LogP contribution >= 0.6 is 12.4 Å². The number of methoxy groups -OCH3 is 1. The zero-order valence-electron chi connectivity index (χ0n) is 9.04. The van der Waals surface area contributed by atoms with E-state index in [4.69, 9.17) is 14.2 Å². The molecule has 0 unspecified atom stereocenters. The van der Waals surface area contributed by atoms with E-state index in [1.165, 1.54) is 11.1 Å². The highest BCUT2D eigenvalue weighted by Gasteiger charge is 2.26. The molecule has 0 amide bonds. The molecule has 0 aliphatic carbocycles. The van der Waals surface area contributed by atoms with Crippen molar-refractivity contribution >= 4 is 12.4 Å². The van der Waals surface area contributed by atoms with Crippen molar-refractivity contribution < 1.29 is 14.2 Å². The van der Waals surface area contributed by atoms with Crippen molar-refractivity contribution in [2.45, 2.75) is 13.0 Å². The van der Waals surface area contributed by atoms with Crippen LogP contribution in [0.1, 0.15) is 11.1 Å². The van der Waals surface area contributed by atoms with E-state index in [2.05, 4.69) is 11.4 Å². The summed E-state index contributed by atoms with van der Waals surface area (Å²) in [6, 6.07) is 2.07. The highest BCUT2D eigenvalue weighted by atomic mass is 35.5. The van der Waals surface area contributed by atoms with Gasteiger partial charge in [0.1, 0.15) is 0 Å². The fourth-order valence-corrected chi connectivity index (χ4v) is 2.17. The zero-order chi connectivity index (χ0) is 10.3. The van der Waals surface area contributed by atoms with Gasteiger partial charge in [-0.15, -0.1) is 12.4 Å². The highest BCUT2D eigenvalue weighted by Crippen LogP contribution is 2.45. The Morgan fingerprint density at radius 3 is 3.06 bits per heavy atom. The number of ether oxygens (including phenoxy) is 3. The number of fused-ring (bicyclic) bond motifs is 2. The Morgan fingerprint density at radius 1 is 1.38 bits per heavy atom. The molecule has 1 aromatic carbocycles. The molecule has 0 saturated heterocycles. The lowest BCUT2D eigenvalue weighted by Crippen LogP contribution is -2.24. The molecule has 0 spiro atoms. The van der Waals surface area contributed by atoms with Crippen LogP contribution in [0.3, 0.4) is 0 Å². The van der Waals surface area contributed by atoms with Gasteiger partial charge in [0.05, 0.1) is 7.11 Å². The molecule has 3 rings (SSSR count). The average molecular weight is 244 g/mol.